The summed E-state index contributed by atoms with van der Waals surface area (Å²) in [5.74, 6) is 0.314. The van der Waals surface area contributed by atoms with Gasteiger partial charge in [0.05, 0.1) is 11.3 Å². The minimum Gasteiger partial charge on any atom is -0.339 e. The van der Waals surface area contributed by atoms with E-state index in [1.54, 1.807) is 4.90 Å². The topological polar surface area (TPSA) is 50.3 Å². The molecular weight excluding hydrogens is 240 g/mol. The maximum atomic E-state index is 12.5. The van der Waals surface area contributed by atoms with E-state index in [2.05, 4.69) is 4.98 Å². The Labute approximate surface area is 113 Å². The van der Waals surface area contributed by atoms with Crippen molar-refractivity contribution in [3.8, 4) is 0 Å². The summed E-state index contributed by atoms with van der Waals surface area (Å²) in [6.07, 6.45) is 2.74. The van der Waals surface area contributed by atoms with Crippen molar-refractivity contribution in [1.82, 2.24) is 9.88 Å². The Balaban J connectivity index is 2.12. The zero-order chi connectivity index (χ0) is 14.0. The predicted molar refractivity (Wildman–Crippen MR) is 73.1 cm³/mol. The lowest BCUT2D eigenvalue weighted by molar-refractivity contribution is -0.121. The van der Waals surface area contributed by atoms with E-state index in [-0.39, 0.29) is 11.9 Å². The number of Topliss-reactive ketones (excluding diaryl/α,β-unsaturated/α-hetero) is 1. The fraction of sp³-hybridized carbons (Fsp3) is 0.533. The van der Waals surface area contributed by atoms with Crippen LogP contribution in [-0.4, -0.2) is 34.7 Å². The molecule has 0 N–H and O–H groups in total. The molecule has 1 heterocycles. The van der Waals surface area contributed by atoms with Crippen molar-refractivity contribution < 1.29 is 9.59 Å². The van der Waals surface area contributed by atoms with Crippen LogP contribution in [0.5, 0.6) is 0 Å². The van der Waals surface area contributed by atoms with E-state index in [9.17, 15) is 9.59 Å². The monoisotopic (exact) mass is 260 g/mol. The van der Waals surface area contributed by atoms with Gasteiger partial charge in [0.25, 0.3) is 5.91 Å². The van der Waals surface area contributed by atoms with E-state index < -0.39 is 0 Å². The molecule has 1 aliphatic carbocycles. The molecule has 0 atom stereocenters. The lowest BCUT2D eigenvalue weighted by Gasteiger charge is -2.31. The van der Waals surface area contributed by atoms with Gasteiger partial charge < -0.3 is 4.90 Å². The highest BCUT2D eigenvalue weighted by Gasteiger charge is 2.26. The minimum absolute atomic E-state index is 0.00403. The first-order chi connectivity index (χ1) is 8.99. The highest BCUT2D eigenvalue weighted by molar-refractivity contribution is 5.95. The Bertz CT molecular complexity index is 501. The Morgan fingerprint density at radius 1 is 1.26 bits per heavy atom. The summed E-state index contributed by atoms with van der Waals surface area (Å²) in [4.78, 5) is 29.8. The summed E-state index contributed by atoms with van der Waals surface area (Å²) in [5, 5.41) is 0. The normalized spacial score (nSPS) is 16.5. The minimum atomic E-state index is 0.00403. The lowest BCUT2D eigenvalue weighted by Crippen LogP contribution is -2.39. The molecule has 0 radical (unpaired) electrons. The second-order valence-corrected chi connectivity index (χ2v) is 5.27. The van der Waals surface area contributed by atoms with Gasteiger partial charge in [-0.25, -0.2) is 0 Å². The number of pyridine rings is 1. The second-order valence-electron chi connectivity index (χ2n) is 5.27. The first-order valence-corrected chi connectivity index (χ1v) is 6.72. The van der Waals surface area contributed by atoms with Crippen LogP contribution < -0.4 is 0 Å². The Kier molecular flexibility index (Phi) is 3.98. The Hall–Kier alpha value is -1.71. The van der Waals surface area contributed by atoms with Crippen molar-refractivity contribution in [2.24, 2.45) is 0 Å². The van der Waals surface area contributed by atoms with Crippen molar-refractivity contribution in [1.29, 1.82) is 0 Å². The van der Waals surface area contributed by atoms with Gasteiger partial charge in [-0.2, -0.15) is 0 Å². The molecule has 0 bridgehead atoms. The number of hydrogen-bond acceptors (Lipinski definition) is 3. The number of nitrogens with zero attached hydrogens (tertiary/aromatic N) is 2. The summed E-state index contributed by atoms with van der Waals surface area (Å²) in [7, 11) is 1.82. The molecule has 0 aliphatic heterocycles. The largest absolute Gasteiger partial charge is 0.339 e. The van der Waals surface area contributed by atoms with Crippen molar-refractivity contribution in [2.75, 3.05) is 7.05 Å². The van der Waals surface area contributed by atoms with E-state index >= 15 is 0 Å². The average Bonchev–Trinajstić information content (AvgIpc) is 2.38. The fourth-order valence-corrected chi connectivity index (χ4v) is 2.58. The Morgan fingerprint density at radius 3 is 2.47 bits per heavy atom. The van der Waals surface area contributed by atoms with E-state index in [0.29, 0.717) is 24.2 Å². The van der Waals surface area contributed by atoms with E-state index in [1.165, 1.54) is 0 Å². The molecule has 1 aromatic rings. The Morgan fingerprint density at radius 2 is 1.89 bits per heavy atom. The standard InChI is InChI=1S/C15H20N2O2/c1-10-4-9-14(11(2)16-10)15(19)17(3)12-5-7-13(18)8-6-12/h4,9,12H,5-8H2,1-3H3. The second kappa shape index (κ2) is 5.51. The number of hydrogen-bond donors (Lipinski definition) is 0. The van der Waals surface area contributed by atoms with Gasteiger partial charge >= 0.3 is 0 Å². The summed E-state index contributed by atoms with van der Waals surface area (Å²) < 4.78 is 0. The van der Waals surface area contributed by atoms with Crippen LogP contribution in [0.1, 0.15) is 47.4 Å². The van der Waals surface area contributed by atoms with Crippen LogP contribution in [0.25, 0.3) is 0 Å². The molecule has 1 fully saturated rings. The lowest BCUT2D eigenvalue weighted by atomic mass is 9.93. The van der Waals surface area contributed by atoms with E-state index in [0.717, 1.165) is 24.2 Å². The molecule has 1 aliphatic rings. The molecule has 0 unspecified atom stereocenters. The quantitative estimate of drug-likeness (QED) is 0.819. The molecule has 102 valence electrons. The number of carbonyl (C=O) groups is 2. The highest BCUT2D eigenvalue weighted by Crippen LogP contribution is 2.21. The maximum Gasteiger partial charge on any atom is 0.255 e. The third kappa shape index (κ3) is 3.00. The molecule has 0 aromatic carbocycles. The third-order valence-corrected chi connectivity index (χ3v) is 3.84. The number of carbonyl (C=O) groups excluding carboxylic acids is 2. The van der Waals surface area contributed by atoms with Gasteiger partial charge in [0.1, 0.15) is 5.78 Å². The van der Waals surface area contributed by atoms with Crippen LogP contribution in [0, 0.1) is 13.8 Å². The predicted octanol–water partition coefficient (Wildman–Crippen LogP) is 2.28. The van der Waals surface area contributed by atoms with Crippen molar-refractivity contribution in [3.63, 3.8) is 0 Å². The van der Waals surface area contributed by atoms with Gasteiger partial charge in [0.2, 0.25) is 0 Å². The number of aryl methyl sites for hydroxylation is 2. The van der Waals surface area contributed by atoms with Crippen molar-refractivity contribution >= 4 is 11.7 Å². The molecule has 0 spiro atoms. The molecule has 2 rings (SSSR count). The van der Waals surface area contributed by atoms with Crippen LogP contribution in [0.4, 0.5) is 0 Å². The molecule has 1 aromatic heterocycles. The van der Waals surface area contributed by atoms with Crippen LogP contribution in [0.2, 0.25) is 0 Å². The number of aromatic nitrogens is 1. The molecule has 4 nitrogen and oxygen atoms in total. The van der Waals surface area contributed by atoms with Crippen LogP contribution in [0.15, 0.2) is 12.1 Å². The van der Waals surface area contributed by atoms with E-state index in [4.69, 9.17) is 0 Å². The summed E-state index contributed by atoms with van der Waals surface area (Å²) >= 11 is 0. The number of ketones is 1. The van der Waals surface area contributed by atoms with Gasteiger partial charge in [-0.3, -0.25) is 14.6 Å². The molecule has 1 amide bonds. The molecule has 4 heteroatoms. The van der Waals surface area contributed by atoms with Crippen LogP contribution >= 0.6 is 0 Å². The zero-order valence-corrected chi connectivity index (χ0v) is 11.8. The summed E-state index contributed by atoms with van der Waals surface area (Å²) in [6, 6.07) is 3.87. The SMILES string of the molecule is Cc1ccc(C(=O)N(C)C2CCC(=O)CC2)c(C)n1. The van der Waals surface area contributed by atoms with Gasteiger partial charge in [-0.05, 0) is 38.8 Å². The fourth-order valence-electron chi connectivity index (χ4n) is 2.58. The van der Waals surface area contributed by atoms with E-state index in [1.807, 2.05) is 33.0 Å². The smallest absolute Gasteiger partial charge is 0.255 e. The zero-order valence-electron chi connectivity index (χ0n) is 11.8. The molecular formula is C15H20N2O2. The van der Waals surface area contributed by atoms with Crippen molar-refractivity contribution in [3.05, 3.63) is 29.1 Å². The van der Waals surface area contributed by atoms with Gasteiger partial charge in [0, 0.05) is 31.6 Å². The van der Waals surface area contributed by atoms with Crippen molar-refractivity contribution in [2.45, 2.75) is 45.6 Å². The molecule has 0 saturated heterocycles. The van der Waals surface area contributed by atoms with Crippen LogP contribution in [0.3, 0.4) is 0 Å². The van der Waals surface area contributed by atoms with Crippen LogP contribution in [-0.2, 0) is 4.79 Å². The van der Waals surface area contributed by atoms with Gasteiger partial charge in [-0.1, -0.05) is 0 Å². The third-order valence-electron chi connectivity index (χ3n) is 3.84. The first kappa shape index (κ1) is 13.7. The highest BCUT2D eigenvalue weighted by atomic mass is 16.2. The molecule has 1 saturated carbocycles. The number of amides is 1. The summed E-state index contributed by atoms with van der Waals surface area (Å²) in [6.45, 7) is 3.77. The number of rotatable bonds is 2. The molecule has 19 heavy (non-hydrogen) atoms. The average molecular weight is 260 g/mol. The first-order valence-electron chi connectivity index (χ1n) is 6.72. The van der Waals surface area contributed by atoms with Gasteiger partial charge in [-0.15, -0.1) is 0 Å². The summed E-state index contributed by atoms with van der Waals surface area (Å²) in [5.41, 5.74) is 2.34. The van der Waals surface area contributed by atoms with Gasteiger partial charge in [0.15, 0.2) is 0 Å². The maximum absolute atomic E-state index is 12.5.